The van der Waals surface area contributed by atoms with E-state index in [0.717, 1.165) is 5.56 Å². The fraction of sp³-hybridized carbons (Fsp3) is 0.222. The van der Waals surface area contributed by atoms with Crippen molar-refractivity contribution >= 4 is 17.6 Å². The van der Waals surface area contributed by atoms with Crippen LogP contribution in [-0.2, 0) is 11.2 Å². The molecule has 0 amide bonds. The summed E-state index contributed by atoms with van der Waals surface area (Å²) in [6, 6.07) is 7.28. The molecule has 1 aromatic carbocycles. The largest absolute Gasteiger partial charge is 0.481 e. The third-order valence-corrected chi connectivity index (χ3v) is 1.93. The Hall–Kier alpha value is -1.02. The minimum absolute atomic E-state index is 0.129. The van der Waals surface area contributed by atoms with Gasteiger partial charge in [-0.1, -0.05) is 29.8 Å². The molecule has 1 rings (SSSR count). The fourth-order valence-corrected chi connectivity index (χ4v) is 1.17. The average Bonchev–Trinajstić information content (AvgIpc) is 2.03. The van der Waals surface area contributed by atoms with Gasteiger partial charge in [0.05, 0.1) is 0 Å². The van der Waals surface area contributed by atoms with Crippen LogP contribution in [0.25, 0.3) is 0 Å². The molecule has 3 heteroatoms. The van der Waals surface area contributed by atoms with Gasteiger partial charge in [0.2, 0.25) is 0 Å². The molecule has 0 spiro atoms. The van der Waals surface area contributed by atoms with Gasteiger partial charge in [0, 0.05) is 11.4 Å². The maximum atomic E-state index is 10.2. The highest BCUT2D eigenvalue weighted by Gasteiger charge is 2.01. The van der Waals surface area contributed by atoms with Crippen LogP contribution in [0.5, 0.6) is 0 Å². The molecule has 0 saturated carbocycles. The molecule has 0 atom stereocenters. The van der Waals surface area contributed by atoms with E-state index in [4.69, 9.17) is 16.7 Å². The van der Waals surface area contributed by atoms with Crippen LogP contribution in [0.2, 0.25) is 5.02 Å². The van der Waals surface area contributed by atoms with Crippen molar-refractivity contribution in [3.05, 3.63) is 34.9 Å². The normalized spacial score (nSPS) is 9.75. The van der Waals surface area contributed by atoms with Crippen molar-refractivity contribution < 1.29 is 9.90 Å². The van der Waals surface area contributed by atoms with Gasteiger partial charge in [-0.25, -0.2) is 0 Å². The number of aliphatic carboxylic acids is 1. The standard InChI is InChI=1S/C9H9ClO2/c10-8-4-2-1-3-7(8)5-6-9(11)12/h1-4H,5-6H2,(H,11,12). The molecule has 0 radical (unpaired) electrons. The van der Waals surface area contributed by atoms with Gasteiger partial charge in [0.15, 0.2) is 0 Å². The predicted octanol–water partition coefficient (Wildman–Crippen LogP) is 2.36. The van der Waals surface area contributed by atoms with E-state index in [-0.39, 0.29) is 6.42 Å². The molecule has 0 aliphatic carbocycles. The van der Waals surface area contributed by atoms with Crippen LogP contribution in [0, 0.1) is 0 Å². The topological polar surface area (TPSA) is 37.3 Å². The SMILES string of the molecule is O=C(O)CCc1ccccc1Cl. The first-order chi connectivity index (χ1) is 5.70. The molecule has 1 aromatic rings. The summed E-state index contributed by atoms with van der Waals surface area (Å²) in [5.74, 6) is -0.796. The van der Waals surface area contributed by atoms with Crippen molar-refractivity contribution in [2.75, 3.05) is 0 Å². The summed E-state index contributed by atoms with van der Waals surface area (Å²) in [5.41, 5.74) is 0.890. The number of rotatable bonds is 3. The summed E-state index contributed by atoms with van der Waals surface area (Å²) in [5, 5.41) is 9.06. The summed E-state index contributed by atoms with van der Waals surface area (Å²) >= 11 is 5.81. The molecule has 2 nitrogen and oxygen atoms in total. The zero-order chi connectivity index (χ0) is 8.97. The molecular weight excluding hydrogens is 176 g/mol. The van der Waals surface area contributed by atoms with Gasteiger partial charge in [0.25, 0.3) is 0 Å². The Morgan fingerprint density at radius 3 is 2.67 bits per heavy atom. The number of halogens is 1. The van der Waals surface area contributed by atoms with Crippen LogP contribution in [0.4, 0.5) is 0 Å². The van der Waals surface area contributed by atoms with Gasteiger partial charge >= 0.3 is 5.97 Å². The van der Waals surface area contributed by atoms with E-state index >= 15 is 0 Å². The van der Waals surface area contributed by atoms with E-state index in [9.17, 15) is 4.79 Å². The van der Waals surface area contributed by atoms with E-state index < -0.39 is 5.97 Å². The molecule has 64 valence electrons. The monoisotopic (exact) mass is 184 g/mol. The molecule has 0 heterocycles. The third-order valence-electron chi connectivity index (χ3n) is 1.57. The van der Waals surface area contributed by atoms with E-state index in [0.29, 0.717) is 11.4 Å². The second-order valence-corrected chi connectivity index (χ2v) is 2.89. The van der Waals surface area contributed by atoms with Crippen LogP contribution in [0.15, 0.2) is 24.3 Å². The lowest BCUT2D eigenvalue weighted by Gasteiger charge is -1.99. The Balaban J connectivity index is 2.63. The molecule has 0 fully saturated rings. The van der Waals surface area contributed by atoms with Crippen molar-refractivity contribution in [1.82, 2.24) is 0 Å². The number of carbonyl (C=O) groups is 1. The quantitative estimate of drug-likeness (QED) is 0.783. The maximum Gasteiger partial charge on any atom is 0.303 e. The predicted molar refractivity (Wildman–Crippen MR) is 47.4 cm³/mol. The summed E-state index contributed by atoms with van der Waals surface area (Å²) in [7, 11) is 0. The lowest BCUT2D eigenvalue weighted by Crippen LogP contribution is -1.97. The minimum Gasteiger partial charge on any atom is -0.481 e. The third kappa shape index (κ3) is 2.55. The van der Waals surface area contributed by atoms with Crippen LogP contribution in [0.1, 0.15) is 12.0 Å². The highest BCUT2D eigenvalue weighted by molar-refractivity contribution is 6.31. The Bertz CT molecular complexity index is 284. The van der Waals surface area contributed by atoms with Crippen molar-refractivity contribution in [2.24, 2.45) is 0 Å². The number of carboxylic acids is 1. The lowest BCUT2D eigenvalue weighted by molar-refractivity contribution is -0.136. The maximum absolute atomic E-state index is 10.2. The van der Waals surface area contributed by atoms with Gasteiger partial charge in [-0.05, 0) is 18.1 Å². The zero-order valence-electron chi connectivity index (χ0n) is 6.46. The first-order valence-corrected chi connectivity index (χ1v) is 4.03. The van der Waals surface area contributed by atoms with Gasteiger partial charge in [0.1, 0.15) is 0 Å². The molecule has 0 bridgehead atoms. The van der Waals surface area contributed by atoms with E-state index in [2.05, 4.69) is 0 Å². The molecule has 0 aliphatic heterocycles. The Morgan fingerprint density at radius 2 is 2.08 bits per heavy atom. The van der Waals surface area contributed by atoms with Crippen LogP contribution in [0.3, 0.4) is 0 Å². The van der Waals surface area contributed by atoms with Crippen molar-refractivity contribution in [3.63, 3.8) is 0 Å². The number of carboxylic acid groups (broad SMARTS) is 1. The number of hydrogen-bond acceptors (Lipinski definition) is 1. The molecule has 1 N–H and O–H groups in total. The molecule has 12 heavy (non-hydrogen) atoms. The van der Waals surface area contributed by atoms with Gasteiger partial charge < -0.3 is 5.11 Å². The number of aryl methyl sites for hydroxylation is 1. The summed E-state index contributed by atoms with van der Waals surface area (Å²) < 4.78 is 0. The summed E-state index contributed by atoms with van der Waals surface area (Å²) in [6.07, 6.45) is 0.624. The van der Waals surface area contributed by atoms with Gasteiger partial charge in [-0.3, -0.25) is 4.79 Å². The molecule has 0 saturated heterocycles. The lowest BCUT2D eigenvalue weighted by atomic mass is 10.1. The van der Waals surface area contributed by atoms with Crippen LogP contribution >= 0.6 is 11.6 Å². The van der Waals surface area contributed by atoms with E-state index in [1.807, 2.05) is 18.2 Å². The van der Waals surface area contributed by atoms with E-state index in [1.54, 1.807) is 6.07 Å². The Morgan fingerprint density at radius 1 is 1.42 bits per heavy atom. The fourth-order valence-electron chi connectivity index (χ4n) is 0.943. The van der Waals surface area contributed by atoms with E-state index in [1.165, 1.54) is 0 Å². The molecule has 0 unspecified atom stereocenters. The van der Waals surface area contributed by atoms with Crippen molar-refractivity contribution in [2.45, 2.75) is 12.8 Å². The molecule has 0 aliphatic rings. The number of hydrogen-bond donors (Lipinski definition) is 1. The Labute approximate surface area is 75.8 Å². The average molecular weight is 185 g/mol. The van der Waals surface area contributed by atoms with Crippen molar-refractivity contribution in [1.29, 1.82) is 0 Å². The smallest absolute Gasteiger partial charge is 0.303 e. The summed E-state index contributed by atoms with van der Waals surface area (Å²) in [6.45, 7) is 0. The van der Waals surface area contributed by atoms with Gasteiger partial charge in [-0.15, -0.1) is 0 Å². The zero-order valence-corrected chi connectivity index (χ0v) is 7.21. The van der Waals surface area contributed by atoms with Crippen molar-refractivity contribution in [3.8, 4) is 0 Å². The molecule has 0 aromatic heterocycles. The highest BCUT2D eigenvalue weighted by Crippen LogP contribution is 2.16. The minimum atomic E-state index is -0.796. The summed E-state index contributed by atoms with van der Waals surface area (Å²) in [4.78, 5) is 10.2. The first-order valence-electron chi connectivity index (χ1n) is 3.65. The van der Waals surface area contributed by atoms with Crippen LogP contribution < -0.4 is 0 Å². The highest BCUT2D eigenvalue weighted by atomic mass is 35.5. The second kappa shape index (κ2) is 4.12. The second-order valence-electron chi connectivity index (χ2n) is 2.49. The van der Waals surface area contributed by atoms with Crippen LogP contribution in [-0.4, -0.2) is 11.1 Å². The molecular formula is C9H9ClO2. The first kappa shape index (κ1) is 9.07. The number of benzene rings is 1. The Kier molecular flexibility index (Phi) is 3.11. The van der Waals surface area contributed by atoms with Gasteiger partial charge in [-0.2, -0.15) is 0 Å².